The molecule has 0 unspecified atom stereocenters. The summed E-state index contributed by atoms with van der Waals surface area (Å²) in [5, 5.41) is 4.27. The van der Waals surface area contributed by atoms with Crippen LogP contribution in [0.5, 0.6) is 0 Å². The number of aromatic amines is 1. The monoisotopic (exact) mass is 142 g/mol. The number of anilines is 1. The molecule has 0 aromatic carbocycles. The van der Waals surface area contributed by atoms with Gasteiger partial charge in [-0.15, -0.1) is 11.8 Å². The van der Waals surface area contributed by atoms with Gasteiger partial charge in [0.1, 0.15) is 0 Å². The molecule has 0 atom stereocenters. The third kappa shape index (κ3) is 1.21. The van der Waals surface area contributed by atoms with Gasteiger partial charge in [-0.3, -0.25) is 0 Å². The molecule has 0 aliphatic carbocycles. The van der Waals surface area contributed by atoms with E-state index in [1.165, 1.54) is 10.7 Å². The predicted octanol–water partition coefficient (Wildman–Crippen LogP) is 1.78. The molecule has 1 heterocycles. The summed E-state index contributed by atoms with van der Waals surface area (Å²) < 4.78 is 0. The van der Waals surface area contributed by atoms with Gasteiger partial charge < -0.3 is 10.3 Å². The third-order valence-corrected chi connectivity index (χ3v) is 1.93. The van der Waals surface area contributed by atoms with Crippen molar-refractivity contribution >= 4 is 17.4 Å². The first-order valence-electron chi connectivity index (χ1n) is 2.77. The number of hydrogen-bond donors (Lipinski definition) is 2. The van der Waals surface area contributed by atoms with Gasteiger partial charge in [0.05, 0.1) is 10.7 Å². The van der Waals surface area contributed by atoms with E-state index in [2.05, 4.69) is 10.3 Å². The average molecular weight is 142 g/mol. The highest BCUT2D eigenvalue weighted by Crippen LogP contribution is 2.21. The van der Waals surface area contributed by atoms with Crippen LogP contribution >= 0.6 is 11.8 Å². The molecule has 2 N–H and O–H groups in total. The highest BCUT2D eigenvalue weighted by atomic mass is 32.2. The summed E-state index contributed by atoms with van der Waals surface area (Å²) in [6, 6.07) is 2.02. The SMILES string of the molecule is CNc1cc[nH]c1SC. The lowest BCUT2D eigenvalue weighted by Crippen LogP contribution is -1.85. The summed E-state index contributed by atoms with van der Waals surface area (Å²) in [6.07, 6.45) is 3.98. The van der Waals surface area contributed by atoms with Crippen molar-refractivity contribution in [1.29, 1.82) is 0 Å². The van der Waals surface area contributed by atoms with Crippen LogP contribution in [0.4, 0.5) is 5.69 Å². The number of thioether (sulfide) groups is 1. The average Bonchev–Trinajstić information content (AvgIpc) is 2.33. The first-order chi connectivity index (χ1) is 4.38. The molecule has 0 amide bonds. The summed E-state index contributed by atoms with van der Waals surface area (Å²) in [5.41, 5.74) is 1.17. The zero-order chi connectivity index (χ0) is 6.69. The van der Waals surface area contributed by atoms with Crippen LogP contribution in [0.1, 0.15) is 0 Å². The third-order valence-electron chi connectivity index (χ3n) is 1.18. The largest absolute Gasteiger partial charge is 0.386 e. The second-order valence-electron chi connectivity index (χ2n) is 1.67. The Balaban J connectivity index is 2.85. The molecule has 0 aliphatic heterocycles. The van der Waals surface area contributed by atoms with Crippen molar-refractivity contribution in [2.24, 2.45) is 0 Å². The van der Waals surface area contributed by atoms with Gasteiger partial charge in [-0.2, -0.15) is 0 Å². The van der Waals surface area contributed by atoms with Gasteiger partial charge in [0.15, 0.2) is 0 Å². The highest BCUT2D eigenvalue weighted by Gasteiger charge is 1.96. The lowest BCUT2D eigenvalue weighted by Gasteiger charge is -1.96. The van der Waals surface area contributed by atoms with Crippen LogP contribution in [-0.4, -0.2) is 18.3 Å². The number of H-pyrrole nitrogens is 1. The van der Waals surface area contributed by atoms with E-state index in [1.807, 2.05) is 25.6 Å². The summed E-state index contributed by atoms with van der Waals surface area (Å²) in [6.45, 7) is 0. The van der Waals surface area contributed by atoms with E-state index in [1.54, 1.807) is 11.8 Å². The van der Waals surface area contributed by atoms with E-state index < -0.39 is 0 Å². The molecular weight excluding hydrogens is 132 g/mol. The normalized spacial score (nSPS) is 9.56. The van der Waals surface area contributed by atoms with Gasteiger partial charge in [0.2, 0.25) is 0 Å². The Morgan fingerprint density at radius 3 is 2.89 bits per heavy atom. The van der Waals surface area contributed by atoms with Gasteiger partial charge in [0, 0.05) is 13.2 Å². The van der Waals surface area contributed by atoms with Crippen molar-refractivity contribution in [1.82, 2.24) is 4.98 Å². The van der Waals surface area contributed by atoms with Gasteiger partial charge in [0.25, 0.3) is 0 Å². The molecule has 0 aliphatic rings. The van der Waals surface area contributed by atoms with E-state index in [4.69, 9.17) is 0 Å². The molecule has 9 heavy (non-hydrogen) atoms. The Labute approximate surface area is 59.0 Å². The van der Waals surface area contributed by atoms with Gasteiger partial charge in [-0.1, -0.05) is 0 Å². The van der Waals surface area contributed by atoms with Crippen LogP contribution in [0.25, 0.3) is 0 Å². The van der Waals surface area contributed by atoms with Crippen molar-refractivity contribution in [3.63, 3.8) is 0 Å². The molecule has 2 nitrogen and oxygen atoms in total. The molecule has 0 spiro atoms. The van der Waals surface area contributed by atoms with Crippen molar-refractivity contribution in [3.8, 4) is 0 Å². The van der Waals surface area contributed by atoms with Crippen molar-refractivity contribution in [2.75, 3.05) is 18.6 Å². The fourth-order valence-corrected chi connectivity index (χ4v) is 1.30. The van der Waals surface area contributed by atoms with Crippen LogP contribution in [-0.2, 0) is 0 Å². The second kappa shape index (κ2) is 2.82. The Bertz CT molecular complexity index is 164. The van der Waals surface area contributed by atoms with Crippen LogP contribution in [0.2, 0.25) is 0 Å². The smallest absolute Gasteiger partial charge is 0.0955 e. The standard InChI is InChI=1S/C6H10N2S/c1-7-5-3-4-8-6(5)9-2/h3-4,7-8H,1-2H3. The van der Waals surface area contributed by atoms with Crippen LogP contribution in [0.3, 0.4) is 0 Å². The maximum atomic E-state index is 3.11. The molecule has 0 fully saturated rings. The molecule has 50 valence electrons. The fraction of sp³-hybridized carbons (Fsp3) is 0.333. The van der Waals surface area contributed by atoms with E-state index in [0.29, 0.717) is 0 Å². The van der Waals surface area contributed by atoms with Crippen molar-refractivity contribution in [2.45, 2.75) is 5.03 Å². The number of rotatable bonds is 2. The molecule has 0 bridgehead atoms. The molecule has 0 saturated heterocycles. The Morgan fingerprint density at radius 1 is 1.67 bits per heavy atom. The Hall–Kier alpha value is -0.570. The Kier molecular flexibility index (Phi) is 2.05. The zero-order valence-electron chi connectivity index (χ0n) is 5.56. The highest BCUT2D eigenvalue weighted by molar-refractivity contribution is 7.98. The first-order valence-corrected chi connectivity index (χ1v) is 4.00. The lowest BCUT2D eigenvalue weighted by molar-refractivity contribution is 1.20. The van der Waals surface area contributed by atoms with Gasteiger partial charge >= 0.3 is 0 Å². The molecule has 3 heteroatoms. The number of aromatic nitrogens is 1. The van der Waals surface area contributed by atoms with Gasteiger partial charge in [-0.05, 0) is 12.3 Å². The van der Waals surface area contributed by atoms with Gasteiger partial charge in [-0.25, -0.2) is 0 Å². The van der Waals surface area contributed by atoms with E-state index in [9.17, 15) is 0 Å². The zero-order valence-corrected chi connectivity index (χ0v) is 6.38. The minimum Gasteiger partial charge on any atom is -0.386 e. The topological polar surface area (TPSA) is 27.8 Å². The van der Waals surface area contributed by atoms with Crippen LogP contribution in [0.15, 0.2) is 17.3 Å². The summed E-state index contributed by atoms with van der Waals surface area (Å²) in [7, 11) is 1.92. The van der Waals surface area contributed by atoms with Crippen LogP contribution in [0, 0.1) is 0 Å². The minimum atomic E-state index is 1.17. The van der Waals surface area contributed by atoms with E-state index in [0.717, 1.165) is 0 Å². The van der Waals surface area contributed by atoms with Crippen molar-refractivity contribution < 1.29 is 0 Å². The summed E-state index contributed by atoms with van der Waals surface area (Å²) in [4.78, 5) is 3.11. The maximum Gasteiger partial charge on any atom is 0.0955 e. The minimum absolute atomic E-state index is 1.17. The molecule has 0 radical (unpaired) electrons. The quantitative estimate of drug-likeness (QED) is 0.616. The lowest BCUT2D eigenvalue weighted by atomic mass is 10.5. The first kappa shape index (κ1) is 6.55. The fourth-order valence-electron chi connectivity index (χ4n) is 0.720. The maximum absolute atomic E-state index is 3.11. The number of hydrogen-bond acceptors (Lipinski definition) is 2. The second-order valence-corrected chi connectivity index (χ2v) is 2.49. The number of nitrogens with one attached hydrogen (secondary N) is 2. The summed E-state index contributed by atoms with van der Waals surface area (Å²) >= 11 is 1.71. The van der Waals surface area contributed by atoms with E-state index >= 15 is 0 Å². The molecule has 1 aromatic rings. The molecular formula is C6H10N2S. The Morgan fingerprint density at radius 2 is 2.44 bits per heavy atom. The molecule has 0 saturated carbocycles. The van der Waals surface area contributed by atoms with Crippen LogP contribution < -0.4 is 5.32 Å². The predicted molar refractivity (Wildman–Crippen MR) is 42.1 cm³/mol. The molecule has 1 aromatic heterocycles. The van der Waals surface area contributed by atoms with E-state index in [-0.39, 0.29) is 0 Å². The van der Waals surface area contributed by atoms with Crippen molar-refractivity contribution in [3.05, 3.63) is 12.3 Å². The molecule has 1 rings (SSSR count). The summed E-state index contributed by atoms with van der Waals surface area (Å²) in [5.74, 6) is 0.